The lowest BCUT2D eigenvalue weighted by atomic mass is 10.1. The first kappa shape index (κ1) is 19.0. The third-order valence-corrected chi connectivity index (χ3v) is 4.48. The van der Waals surface area contributed by atoms with Gasteiger partial charge in [0, 0.05) is 19.2 Å². The minimum absolute atomic E-state index is 0.0571. The van der Waals surface area contributed by atoms with Gasteiger partial charge < -0.3 is 20.3 Å². The topological polar surface area (TPSA) is 134 Å². The highest BCUT2D eigenvalue weighted by atomic mass is 16.5. The summed E-state index contributed by atoms with van der Waals surface area (Å²) in [6.45, 7) is 1.77. The van der Waals surface area contributed by atoms with Crippen LogP contribution in [0.25, 0.3) is 0 Å². The van der Waals surface area contributed by atoms with E-state index in [4.69, 9.17) is 9.84 Å². The molecule has 0 saturated carbocycles. The van der Waals surface area contributed by atoms with Crippen molar-refractivity contribution >= 4 is 5.91 Å². The molecule has 3 rings (SSSR count). The molecule has 4 N–H and O–H groups in total. The quantitative estimate of drug-likeness (QED) is 0.552. The molecule has 9 heteroatoms. The van der Waals surface area contributed by atoms with E-state index in [-0.39, 0.29) is 18.5 Å². The van der Waals surface area contributed by atoms with Crippen molar-refractivity contribution in [3.05, 3.63) is 68.0 Å². The zero-order chi connectivity index (χ0) is 19.6. The Hall–Kier alpha value is -2.75. The van der Waals surface area contributed by atoms with Crippen molar-refractivity contribution in [3.63, 3.8) is 0 Å². The molecule has 1 fully saturated rings. The summed E-state index contributed by atoms with van der Waals surface area (Å²) in [4.78, 5) is 38.6. The summed E-state index contributed by atoms with van der Waals surface area (Å²) in [7, 11) is 0. The average molecular weight is 375 g/mol. The molecule has 0 spiro atoms. The third-order valence-electron chi connectivity index (χ3n) is 4.48. The zero-order valence-electron chi connectivity index (χ0n) is 14.7. The van der Waals surface area contributed by atoms with Gasteiger partial charge in [0.25, 0.3) is 11.5 Å². The Bertz CT molecular complexity index is 933. The molecule has 1 saturated heterocycles. The molecule has 1 unspecified atom stereocenters. The number of carbonyl (C=O) groups excluding carboxylic acids is 1. The fourth-order valence-corrected chi connectivity index (χ4v) is 2.89. The summed E-state index contributed by atoms with van der Waals surface area (Å²) >= 11 is 0. The van der Waals surface area contributed by atoms with E-state index in [1.165, 1.54) is 0 Å². The normalized spacial score (nSPS) is 22.0. The zero-order valence-corrected chi connectivity index (χ0v) is 14.7. The first-order valence-corrected chi connectivity index (χ1v) is 8.52. The molecule has 1 aromatic carbocycles. The van der Waals surface area contributed by atoms with Crippen LogP contribution in [-0.2, 0) is 11.3 Å². The highest BCUT2D eigenvalue weighted by Crippen LogP contribution is 2.27. The van der Waals surface area contributed by atoms with E-state index >= 15 is 0 Å². The van der Waals surface area contributed by atoms with Crippen molar-refractivity contribution in [1.82, 2.24) is 14.9 Å². The van der Waals surface area contributed by atoms with E-state index in [2.05, 4.69) is 10.3 Å². The molecule has 0 aliphatic carbocycles. The number of carbonyl (C=O) groups is 1. The minimum Gasteiger partial charge on any atom is -0.394 e. The van der Waals surface area contributed by atoms with Gasteiger partial charge in [0.15, 0.2) is 0 Å². The number of amides is 1. The highest BCUT2D eigenvalue weighted by Gasteiger charge is 2.35. The largest absolute Gasteiger partial charge is 0.394 e. The summed E-state index contributed by atoms with van der Waals surface area (Å²) in [6.07, 6.45) is -1.49. The van der Waals surface area contributed by atoms with E-state index in [0.29, 0.717) is 0 Å². The molecule has 27 heavy (non-hydrogen) atoms. The van der Waals surface area contributed by atoms with Gasteiger partial charge in [0.05, 0.1) is 12.7 Å². The first-order valence-electron chi connectivity index (χ1n) is 8.52. The van der Waals surface area contributed by atoms with Crippen LogP contribution in [0.15, 0.2) is 40.1 Å². The lowest BCUT2D eigenvalue weighted by Crippen LogP contribution is -2.38. The molecule has 1 aromatic heterocycles. The molecule has 2 heterocycles. The van der Waals surface area contributed by atoms with Crippen molar-refractivity contribution in [2.75, 3.05) is 6.61 Å². The molecule has 1 amide bonds. The Balaban J connectivity index is 1.79. The van der Waals surface area contributed by atoms with Gasteiger partial charge >= 0.3 is 5.69 Å². The van der Waals surface area contributed by atoms with Gasteiger partial charge in [-0.1, -0.05) is 29.8 Å². The number of rotatable bonds is 5. The number of aryl methyl sites for hydroxylation is 1. The van der Waals surface area contributed by atoms with Crippen molar-refractivity contribution in [3.8, 4) is 0 Å². The number of ether oxygens (including phenoxy) is 1. The maximum atomic E-state index is 12.4. The molecule has 3 atom stereocenters. The fourth-order valence-electron chi connectivity index (χ4n) is 2.89. The number of benzene rings is 1. The number of nitrogens with zero attached hydrogens (tertiary/aromatic N) is 1. The van der Waals surface area contributed by atoms with Crippen LogP contribution >= 0.6 is 0 Å². The highest BCUT2D eigenvalue weighted by molar-refractivity contribution is 5.93. The van der Waals surface area contributed by atoms with Crippen molar-refractivity contribution < 1.29 is 19.7 Å². The van der Waals surface area contributed by atoms with Crippen molar-refractivity contribution in [1.29, 1.82) is 0 Å². The van der Waals surface area contributed by atoms with E-state index in [1.807, 2.05) is 31.2 Å². The van der Waals surface area contributed by atoms with Crippen LogP contribution in [0.5, 0.6) is 0 Å². The summed E-state index contributed by atoms with van der Waals surface area (Å²) in [6, 6.07) is 7.55. The number of hydrogen-bond donors (Lipinski definition) is 4. The number of aromatic amines is 1. The number of hydrogen-bond acceptors (Lipinski definition) is 6. The lowest BCUT2D eigenvalue weighted by Gasteiger charge is -2.15. The number of H-pyrrole nitrogens is 1. The molecule has 2 aromatic rings. The number of aliphatic hydroxyl groups excluding tert-OH is 2. The smallest absolute Gasteiger partial charge is 0.330 e. The Morgan fingerprint density at radius 3 is 2.67 bits per heavy atom. The first-order chi connectivity index (χ1) is 12.9. The average Bonchev–Trinajstić information content (AvgIpc) is 3.01. The summed E-state index contributed by atoms with van der Waals surface area (Å²) < 4.78 is 6.46. The van der Waals surface area contributed by atoms with Crippen molar-refractivity contribution in [2.24, 2.45) is 0 Å². The van der Waals surface area contributed by atoms with Crippen LogP contribution in [0.3, 0.4) is 0 Å². The maximum Gasteiger partial charge on any atom is 0.330 e. The van der Waals surface area contributed by atoms with E-state index in [1.54, 1.807) is 0 Å². The van der Waals surface area contributed by atoms with Gasteiger partial charge in [-0.25, -0.2) is 4.79 Å². The molecule has 1 aliphatic rings. The summed E-state index contributed by atoms with van der Waals surface area (Å²) in [5, 5.41) is 21.6. The molecule has 0 radical (unpaired) electrons. The molecule has 9 nitrogen and oxygen atoms in total. The molecule has 144 valence electrons. The van der Waals surface area contributed by atoms with Crippen LogP contribution < -0.4 is 16.6 Å². The molecule has 0 bridgehead atoms. The second-order valence-corrected chi connectivity index (χ2v) is 6.49. The van der Waals surface area contributed by atoms with Gasteiger partial charge in [-0.15, -0.1) is 0 Å². The monoisotopic (exact) mass is 375 g/mol. The standard InChI is InChI=1S/C18H21N3O6/c1-10-2-4-11(5-3-10)7-19-16(24)12-8-21(18(26)20-17(12)25)15-6-13(23)14(9-22)27-15/h2-5,8,13-15,22-23H,6-7,9H2,1H3,(H,19,24)(H,20,25,26)/t13?,14-,15-/m1/s1. The van der Waals surface area contributed by atoms with E-state index in [0.717, 1.165) is 21.9 Å². The Labute approximate surface area is 154 Å². The maximum absolute atomic E-state index is 12.4. The van der Waals surface area contributed by atoms with Gasteiger partial charge in [0.2, 0.25) is 0 Å². The number of aliphatic hydroxyl groups is 2. The van der Waals surface area contributed by atoms with Crippen molar-refractivity contribution in [2.45, 2.75) is 38.3 Å². The van der Waals surface area contributed by atoms with Gasteiger partial charge in [0.1, 0.15) is 17.9 Å². The van der Waals surface area contributed by atoms with Crippen LogP contribution in [0.2, 0.25) is 0 Å². The second-order valence-electron chi connectivity index (χ2n) is 6.49. The van der Waals surface area contributed by atoms with Crippen LogP contribution in [0.1, 0.15) is 34.1 Å². The Morgan fingerprint density at radius 1 is 1.33 bits per heavy atom. The van der Waals surface area contributed by atoms with Crippen LogP contribution in [-0.4, -0.2) is 44.5 Å². The molecular weight excluding hydrogens is 354 g/mol. The third kappa shape index (κ3) is 4.16. The van der Waals surface area contributed by atoms with E-state index < -0.39 is 42.2 Å². The van der Waals surface area contributed by atoms with Crippen LogP contribution in [0, 0.1) is 6.92 Å². The van der Waals surface area contributed by atoms with Crippen LogP contribution in [0.4, 0.5) is 0 Å². The number of aromatic nitrogens is 2. The van der Waals surface area contributed by atoms with Gasteiger partial charge in [-0.3, -0.25) is 19.1 Å². The predicted octanol–water partition coefficient (Wildman–Crippen LogP) is -0.584. The molecule has 1 aliphatic heterocycles. The Kier molecular flexibility index (Phi) is 5.54. The lowest BCUT2D eigenvalue weighted by molar-refractivity contribution is -0.0459. The SMILES string of the molecule is Cc1ccc(CNC(=O)c2cn([C@H]3CC(O)[C@@H](CO)O3)c(=O)[nH]c2=O)cc1. The molecular formula is C18H21N3O6. The Morgan fingerprint density at radius 2 is 2.04 bits per heavy atom. The van der Waals surface area contributed by atoms with Gasteiger partial charge in [-0.2, -0.15) is 0 Å². The number of nitrogens with one attached hydrogen (secondary N) is 2. The fraction of sp³-hybridized carbons (Fsp3) is 0.389. The predicted molar refractivity (Wildman–Crippen MR) is 95.3 cm³/mol. The summed E-state index contributed by atoms with van der Waals surface area (Å²) in [5.74, 6) is -0.636. The minimum atomic E-state index is -0.947. The van der Waals surface area contributed by atoms with E-state index in [9.17, 15) is 19.5 Å². The summed E-state index contributed by atoms with van der Waals surface area (Å²) in [5.41, 5.74) is 0.147. The second kappa shape index (κ2) is 7.87. The van der Waals surface area contributed by atoms with Gasteiger partial charge in [-0.05, 0) is 12.5 Å².